The molecule has 0 saturated carbocycles. The second-order valence-corrected chi connectivity index (χ2v) is 15.6. The summed E-state index contributed by atoms with van der Waals surface area (Å²) in [4.78, 5) is 110. The van der Waals surface area contributed by atoms with Crippen LogP contribution in [0, 0.1) is 11.8 Å². The highest BCUT2D eigenvalue weighted by atomic mass is 16.4. The van der Waals surface area contributed by atoms with E-state index in [0.29, 0.717) is 32.2 Å². The molecular weight excluding hydrogens is 772 g/mol. The fourth-order valence-electron chi connectivity index (χ4n) is 6.43. The van der Waals surface area contributed by atoms with E-state index in [1.54, 1.807) is 13.8 Å². The first-order valence-corrected chi connectivity index (χ1v) is 20.1. The van der Waals surface area contributed by atoms with Gasteiger partial charge in [-0.1, -0.05) is 27.7 Å². The van der Waals surface area contributed by atoms with Gasteiger partial charge in [0.05, 0.1) is 12.1 Å². The van der Waals surface area contributed by atoms with Crippen molar-refractivity contribution in [2.24, 2.45) is 45.5 Å². The summed E-state index contributed by atoms with van der Waals surface area (Å²) in [6, 6.07) is -8.78. The SMILES string of the molecule is CC(C)C[C@H](N)C(=O)N[C@H](C(=O)N[C@H](C(=O)N[C@@H](CCCN=C(N)N)C(=O)N[C@@H](CCC(N)=O)C(=O)N1CCC[C@H]1C(=O)N[C@@H](CCCCN)C(=O)O)C(C)C)[C@@H](C)O. The zero-order valence-corrected chi connectivity index (χ0v) is 34.9. The van der Waals surface area contributed by atoms with Crippen LogP contribution in [0.4, 0.5) is 0 Å². The van der Waals surface area contributed by atoms with Gasteiger partial charge in [-0.2, -0.15) is 0 Å². The number of carbonyl (C=O) groups is 8. The Balaban J connectivity index is 3.36. The average molecular weight is 841 g/mol. The molecule has 0 unspecified atom stereocenters. The van der Waals surface area contributed by atoms with Crippen LogP contribution in [0.25, 0.3) is 0 Å². The summed E-state index contributed by atoms with van der Waals surface area (Å²) >= 11 is 0. The van der Waals surface area contributed by atoms with Crippen molar-refractivity contribution < 1.29 is 48.6 Å². The molecule has 1 saturated heterocycles. The normalized spacial score (nSPS) is 17.4. The van der Waals surface area contributed by atoms with Gasteiger partial charge in [0.2, 0.25) is 41.4 Å². The van der Waals surface area contributed by atoms with E-state index >= 15 is 0 Å². The molecule has 1 aliphatic heterocycles. The number of aliphatic imine (C=N–C) groups is 1. The van der Waals surface area contributed by atoms with Gasteiger partial charge in [0.25, 0.3) is 0 Å². The van der Waals surface area contributed by atoms with Crippen LogP contribution in [0.1, 0.15) is 98.8 Å². The molecule has 8 atom stereocenters. The monoisotopic (exact) mass is 841 g/mol. The van der Waals surface area contributed by atoms with E-state index in [1.807, 2.05) is 13.8 Å². The molecule has 0 spiro atoms. The Morgan fingerprint density at radius 2 is 1.34 bits per heavy atom. The molecule has 0 aromatic heterocycles. The maximum atomic E-state index is 14.0. The number of aliphatic hydroxyl groups excluding tert-OH is 1. The number of aliphatic carboxylic acids is 1. The second kappa shape index (κ2) is 26.1. The molecule has 0 radical (unpaired) electrons. The van der Waals surface area contributed by atoms with Crippen LogP contribution < -0.4 is 55.3 Å². The number of likely N-dealkylation sites (tertiary alicyclic amines) is 1. The van der Waals surface area contributed by atoms with Gasteiger partial charge in [-0.25, -0.2) is 4.79 Å². The van der Waals surface area contributed by atoms with Gasteiger partial charge >= 0.3 is 5.97 Å². The largest absolute Gasteiger partial charge is 0.480 e. The smallest absolute Gasteiger partial charge is 0.326 e. The maximum Gasteiger partial charge on any atom is 0.326 e. The summed E-state index contributed by atoms with van der Waals surface area (Å²) in [6.45, 7) is 8.74. The van der Waals surface area contributed by atoms with E-state index in [1.165, 1.54) is 11.8 Å². The molecular formula is C37H68N12O10. The fourth-order valence-corrected chi connectivity index (χ4v) is 6.43. The quantitative estimate of drug-likeness (QED) is 0.0216. The van der Waals surface area contributed by atoms with E-state index < -0.39 is 102 Å². The lowest BCUT2D eigenvalue weighted by Crippen LogP contribution is -2.62. The van der Waals surface area contributed by atoms with Crippen LogP contribution in [0.3, 0.4) is 0 Å². The van der Waals surface area contributed by atoms with Crippen LogP contribution in [0.15, 0.2) is 4.99 Å². The minimum atomic E-state index is -1.48. The van der Waals surface area contributed by atoms with Gasteiger partial charge in [-0.15, -0.1) is 0 Å². The van der Waals surface area contributed by atoms with Gasteiger partial charge in [-0.05, 0) is 83.1 Å². The molecule has 22 nitrogen and oxygen atoms in total. The highest BCUT2D eigenvalue weighted by molar-refractivity contribution is 5.97. The molecule has 0 aromatic carbocycles. The summed E-state index contributed by atoms with van der Waals surface area (Å²) in [5.74, 6) is -7.42. The molecule has 0 bridgehead atoms. The van der Waals surface area contributed by atoms with Crippen molar-refractivity contribution >= 4 is 53.3 Å². The van der Waals surface area contributed by atoms with Crippen molar-refractivity contribution in [3.63, 3.8) is 0 Å². The van der Waals surface area contributed by atoms with Crippen molar-refractivity contribution in [1.29, 1.82) is 0 Å². The van der Waals surface area contributed by atoms with Crippen molar-refractivity contribution in [3.8, 4) is 0 Å². The predicted octanol–water partition coefficient (Wildman–Crippen LogP) is -3.66. The van der Waals surface area contributed by atoms with Crippen LogP contribution in [-0.4, -0.2) is 136 Å². The van der Waals surface area contributed by atoms with E-state index in [4.69, 9.17) is 28.7 Å². The number of unbranched alkanes of at least 4 members (excludes halogenated alkanes) is 1. The summed E-state index contributed by atoms with van der Waals surface area (Å²) < 4.78 is 0. The first-order valence-electron chi connectivity index (χ1n) is 20.1. The number of guanidine groups is 1. The van der Waals surface area contributed by atoms with E-state index in [-0.39, 0.29) is 63.5 Å². The van der Waals surface area contributed by atoms with E-state index in [0.717, 1.165) is 0 Å². The Morgan fingerprint density at radius 3 is 1.88 bits per heavy atom. The third kappa shape index (κ3) is 18.6. The molecule has 1 fully saturated rings. The molecule has 336 valence electrons. The average Bonchev–Trinajstić information content (AvgIpc) is 3.64. The summed E-state index contributed by atoms with van der Waals surface area (Å²) in [5.41, 5.74) is 27.8. The number of nitrogens with zero attached hydrogens (tertiary/aromatic N) is 2. The molecule has 1 rings (SSSR count). The van der Waals surface area contributed by atoms with Crippen LogP contribution in [0.5, 0.6) is 0 Å². The molecule has 17 N–H and O–H groups in total. The molecule has 0 aliphatic carbocycles. The summed E-state index contributed by atoms with van der Waals surface area (Å²) in [7, 11) is 0. The number of carboxylic acid groups (broad SMARTS) is 1. The zero-order chi connectivity index (χ0) is 45.0. The van der Waals surface area contributed by atoms with Gasteiger partial charge in [-0.3, -0.25) is 38.6 Å². The lowest BCUT2D eigenvalue weighted by Gasteiger charge is -2.31. The topological polar surface area (TPSA) is 383 Å². The highest BCUT2D eigenvalue weighted by Gasteiger charge is 2.40. The summed E-state index contributed by atoms with van der Waals surface area (Å²) in [6.07, 6.45) is 0.135. The zero-order valence-electron chi connectivity index (χ0n) is 34.9. The predicted molar refractivity (Wildman–Crippen MR) is 217 cm³/mol. The number of rotatable bonds is 27. The van der Waals surface area contributed by atoms with Crippen molar-refractivity contribution in [2.75, 3.05) is 19.6 Å². The van der Waals surface area contributed by atoms with Crippen LogP contribution in [0.2, 0.25) is 0 Å². The minimum absolute atomic E-state index is 0.0548. The third-order valence-corrected chi connectivity index (χ3v) is 9.64. The van der Waals surface area contributed by atoms with Gasteiger partial charge < -0.3 is 70.4 Å². The molecule has 1 aliphatic rings. The Hall–Kier alpha value is -5.09. The minimum Gasteiger partial charge on any atom is -0.480 e. The number of hydrogen-bond acceptors (Lipinski definition) is 12. The molecule has 22 heteroatoms. The lowest BCUT2D eigenvalue weighted by atomic mass is 10.00. The molecule has 0 aromatic rings. The third-order valence-electron chi connectivity index (χ3n) is 9.64. The summed E-state index contributed by atoms with van der Waals surface area (Å²) in [5, 5.41) is 32.7. The van der Waals surface area contributed by atoms with Crippen molar-refractivity contribution in [2.45, 2.75) is 147 Å². The Kier molecular flexibility index (Phi) is 23.0. The number of primary amides is 1. The number of nitrogens with one attached hydrogen (secondary N) is 5. The van der Waals surface area contributed by atoms with Gasteiger partial charge in [0.1, 0.15) is 36.3 Å². The second-order valence-electron chi connectivity index (χ2n) is 15.6. The fraction of sp³-hybridized carbons (Fsp3) is 0.757. The molecule has 7 amide bonds. The number of amides is 7. The molecule has 1 heterocycles. The van der Waals surface area contributed by atoms with Crippen molar-refractivity contribution in [1.82, 2.24) is 31.5 Å². The lowest BCUT2D eigenvalue weighted by molar-refractivity contribution is -0.145. The Morgan fingerprint density at radius 1 is 0.746 bits per heavy atom. The number of aliphatic hydroxyl groups is 1. The first-order chi connectivity index (χ1) is 27.6. The number of hydrogen-bond donors (Lipinski definition) is 12. The maximum absolute atomic E-state index is 14.0. The number of carbonyl (C=O) groups excluding carboxylic acids is 7. The van der Waals surface area contributed by atoms with Gasteiger partial charge in [0, 0.05) is 19.5 Å². The van der Waals surface area contributed by atoms with Crippen LogP contribution in [-0.2, 0) is 38.4 Å². The van der Waals surface area contributed by atoms with Gasteiger partial charge in [0.15, 0.2) is 5.96 Å². The van der Waals surface area contributed by atoms with Crippen molar-refractivity contribution in [3.05, 3.63) is 0 Å². The van der Waals surface area contributed by atoms with E-state index in [9.17, 15) is 48.6 Å². The standard InChI is InChI=1S/C37H68N12O10/c1-19(2)18-22(39)30(52)48-29(21(5)50)34(56)47-28(20(3)4)33(55)44-23(11-8-16-43-37(41)42)31(53)45-24(13-14-27(40)51)35(57)49-17-9-12-26(49)32(54)46-25(36(58)59)10-6-7-15-38/h19-26,28-29,50H,6-18,38-39H2,1-5H3,(H2,40,51)(H,44,55)(H,45,53)(H,46,54)(H,47,56)(H,48,52)(H,58,59)(H4,41,42,43)/t21-,22+,23+,24+,25+,26+,28+,29+/m1/s1. The Bertz CT molecular complexity index is 1470. The first kappa shape index (κ1) is 51.9. The number of nitrogens with two attached hydrogens (primary N) is 5. The van der Waals surface area contributed by atoms with E-state index in [2.05, 4.69) is 31.6 Å². The molecule has 59 heavy (non-hydrogen) atoms. The Labute approximate surface area is 345 Å². The van der Waals surface area contributed by atoms with Crippen LogP contribution >= 0.6 is 0 Å². The highest BCUT2D eigenvalue weighted by Crippen LogP contribution is 2.21. The number of carboxylic acids is 1.